The Morgan fingerprint density at radius 2 is 2.13 bits per heavy atom. The van der Waals surface area contributed by atoms with Crippen molar-refractivity contribution in [3.05, 3.63) is 39.9 Å². The minimum absolute atomic E-state index is 0.0464. The Labute approximate surface area is 89.5 Å². The van der Waals surface area contributed by atoms with Crippen LogP contribution in [0, 0.1) is 10.1 Å². The van der Waals surface area contributed by atoms with E-state index in [9.17, 15) is 10.1 Å². The summed E-state index contributed by atoms with van der Waals surface area (Å²) in [4.78, 5) is 10.2. The van der Waals surface area contributed by atoms with Crippen molar-refractivity contribution in [1.29, 1.82) is 0 Å². The molecule has 82 valence electrons. The Bertz CT molecular complexity index is 361. The number of nitrogens with one attached hydrogen (secondary N) is 1. The molecule has 0 spiro atoms. The zero-order valence-electron chi connectivity index (χ0n) is 9.28. The third kappa shape index (κ3) is 3.32. The van der Waals surface area contributed by atoms with Gasteiger partial charge in [-0.2, -0.15) is 0 Å². The average molecular weight is 208 g/mol. The van der Waals surface area contributed by atoms with E-state index in [0.717, 1.165) is 12.0 Å². The molecule has 1 rings (SSSR count). The standard InChI is InChI=1S/C11H16N2O2/c1-11(2,12-3)8-9-5-4-6-10(7-9)13(14)15/h4-7,12H,8H2,1-3H3. The van der Waals surface area contributed by atoms with Crippen molar-refractivity contribution >= 4 is 5.69 Å². The second kappa shape index (κ2) is 4.40. The van der Waals surface area contributed by atoms with Gasteiger partial charge in [0.15, 0.2) is 0 Å². The highest BCUT2D eigenvalue weighted by Gasteiger charge is 2.16. The molecule has 0 fully saturated rings. The van der Waals surface area contributed by atoms with E-state index in [1.165, 1.54) is 6.07 Å². The fourth-order valence-electron chi connectivity index (χ4n) is 1.38. The summed E-state index contributed by atoms with van der Waals surface area (Å²) in [5.41, 5.74) is 1.08. The molecule has 0 aromatic heterocycles. The Hall–Kier alpha value is -1.42. The number of rotatable bonds is 4. The van der Waals surface area contributed by atoms with Crippen LogP contribution in [0.1, 0.15) is 19.4 Å². The molecule has 0 bridgehead atoms. The van der Waals surface area contributed by atoms with Crippen LogP contribution in [0.15, 0.2) is 24.3 Å². The van der Waals surface area contributed by atoms with Crippen LogP contribution in [0.3, 0.4) is 0 Å². The highest BCUT2D eigenvalue weighted by Crippen LogP contribution is 2.17. The van der Waals surface area contributed by atoms with Crippen molar-refractivity contribution in [3.63, 3.8) is 0 Å². The van der Waals surface area contributed by atoms with Crippen molar-refractivity contribution < 1.29 is 4.92 Å². The van der Waals surface area contributed by atoms with Crippen LogP contribution >= 0.6 is 0 Å². The first-order chi connectivity index (χ1) is 6.94. The summed E-state index contributed by atoms with van der Waals surface area (Å²) in [7, 11) is 1.89. The summed E-state index contributed by atoms with van der Waals surface area (Å²) in [6, 6.07) is 6.76. The first-order valence-electron chi connectivity index (χ1n) is 4.87. The summed E-state index contributed by atoms with van der Waals surface area (Å²) in [6.07, 6.45) is 0.769. The maximum absolute atomic E-state index is 10.6. The molecule has 1 N–H and O–H groups in total. The van der Waals surface area contributed by atoms with E-state index in [4.69, 9.17) is 0 Å². The molecule has 1 aromatic rings. The van der Waals surface area contributed by atoms with Gasteiger partial charge in [-0.25, -0.2) is 0 Å². The molecule has 1 aromatic carbocycles. The Morgan fingerprint density at radius 3 is 2.67 bits per heavy atom. The molecule has 0 radical (unpaired) electrons. The second-order valence-electron chi connectivity index (χ2n) is 4.24. The zero-order chi connectivity index (χ0) is 11.5. The Kier molecular flexibility index (Phi) is 3.42. The normalized spacial score (nSPS) is 11.4. The average Bonchev–Trinajstić information content (AvgIpc) is 2.17. The fraction of sp³-hybridized carbons (Fsp3) is 0.455. The van der Waals surface area contributed by atoms with Gasteiger partial charge in [0.1, 0.15) is 0 Å². The minimum Gasteiger partial charge on any atom is -0.314 e. The molecule has 0 unspecified atom stereocenters. The van der Waals surface area contributed by atoms with Gasteiger partial charge >= 0.3 is 0 Å². The second-order valence-corrected chi connectivity index (χ2v) is 4.24. The summed E-state index contributed by atoms with van der Waals surface area (Å²) in [5, 5.41) is 13.7. The molecule has 0 amide bonds. The highest BCUT2D eigenvalue weighted by molar-refractivity contribution is 5.34. The van der Waals surface area contributed by atoms with Crippen molar-refractivity contribution in [2.75, 3.05) is 7.05 Å². The topological polar surface area (TPSA) is 55.2 Å². The van der Waals surface area contributed by atoms with Crippen LogP contribution in [-0.2, 0) is 6.42 Å². The summed E-state index contributed by atoms with van der Waals surface area (Å²) >= 11 is 0. The predicted molar refractivity (Wildman–Crippen MR) is 59.9 cm³/mol. The smallest absolute Gasteiger partial charge is 0.269 e. The minimum atomic E-state index is -0.365. The summed E-state index contributed by atoms with van der Waals surface area (Å²) < 4.78 is 0. The van der Waals surface area contributed by atoms with Gasteiger partial charge < -0.3 is 5.32 Å². The van der Waals surface area contributed by atoms with Gasteiger partial charge in [0.05, 0.1) is 4.92 Å². The fourth-order valence-corrected chi connectivity index (χ4v) is 1.38. The van der Waals surface area contributed by atoms with Crippen LogP contribution in [0.4, 0.5) is 5.69 Å². The molecular formula is C11H16N2O2. The van der Waals surface area contributed by atoms with Gasteiger partial charge in [-0.15, -0.1) is 0 Å². The van der Waals surface area contributed by atoms with E-state index in [1.807, 2.05) is 13.1 Å². The molecule has 4 heteroatoms. The number of nitro groups is 1. The maximum Gasteiger partial charge on any atom is 0.269 e. The molecule has 4 nitrogen and oxygen atoms in total. The van der Waals surface area contributed by atoms with E-state index in [-0.39, 0.29) is 16.1 Å². The lowest BCUT2D eigenvalue weighted by Crippen LogP contribution is -2.38. The number of nitro benzene ring substituents is 1. The van der Waals surface area contributed by atoms with Crippen molar-refractivity contribution in [3.8, 4) is 0 Å². The van der Waals surface area contributed by atoms with Crippen molar-refractivity contribution in [2.45, 2.75) is 25.8 Å². The van der Waals surface area contributed by atoms with Gasteiger partial charge in [0.25, 0.3) is 5.69 Å². The lowest BCUT2D eigenvalue weighted by Gasteiger charge is -2.23. The van der Waals surface area contributed by atoms with Crippen LogP contribution in [0.2, 0.25) is 0 Å². The molecule has 15 heavy (non-hydrogen) atoms. The molecule has 0 saturated carbocycles. The van der Waals surface area contributed by atoms with E-state index in [2.05, 4.69) is 19.2 Å². The highest BCUT2D eigenvalue weighted by atomic mass is 16.6. The monoisotopic (exact) mass is 208 g/mol. The third-order valence-electron chi connectivity index (χ3n) is 2.44. The largest absolute Gasteiger partial charge is 0.314 e. The summed E-state index contributed by atoms with van der Waals surface area (Å²) in [6.45, 7) is 4.12. The summed E-state index contributed by atoms with van der Waals surface area (Å²) in [5.74, 6) is 0. The molecule has 0 aliphatic carbocycles. The third-order valence-corrected chi connectivity index (χ3v) is 2.44. The SMILES string of the molecule is CNC(C)(C)Cc1cccc([N+](=O)[O-])c1. The molecule has 0 aliphatic rings. The van der Waals surface area contributed by atoms with Gasteiger partial charge in [-0.05, 0) is 32.9 Å². The molecule has 0 aliphatic heterocycles. The molecular weight excluding hydrogens is 192 g/mol. The predicted octanol–water partition coefficient (Wildman–Crippen LogP) is 2.14. The van der Waals surface area contributed by atoms with Crippen LogP contribution in [0.5, 0.6) is 0 Å². The number of nitrogens with zero attached hydrogens (tertiary/aromatic N) is 1. The van der Waals surface area contributed by atoms with E-state index >= 15 is 0 Å². The molecule has 0 heterocycles. The van der Waals surface area contributed by atoms with Gasteiger partial charge in [-0.1, -0.05) is 12.1 Å². The van der Waals surface area contributed by atoms with Crippen molar-refractivity contribution in [2.24, 2.45) is 0 Å². The first kappa shape index (κ1) is 11.7. The van der Waals surface area contributed by atoms with Crippen LogP contribution < -0.4 is 5.32 Å². The lowest BCUT2D eigenvalue weighted by atomic mass is 9.95. The quantitative estimate of drug-likeness (QED) is 0.609. The lowest BCUT2D eigenvalue weighted by molar-refractivity contribution is -0.384. The van der Waals surface area contributed by atoms with Crippen LogP contribution in [-0.4, -0.2) is 17.5 Å². The van der Waals surface area contributed by atoms with Crippen molar-refractivity contribution in [1.82, 2.24) is 5.32 Å². The Morgan fingerprint density at radius 1 is 1.47 bits per heavy atom. The van der Waals surface area contributed by atoms with E-state index < -0.39 is 0 Å². The number of likely N-dealkylation sites (N-methyl/N-ethyl adjacent to an activating group) is 1. The number of benzene rings is 1. The van der Waals surface area contributed by atoms with Gasteiger partial charge in [0, 0.05) is 17.7 Å². The van der Waals surface area contributed by atoms with E-state index in [0.29, 0.717) is 0 Å². The molecule has 0 saturated heterocycles. The zero-order valence-corrected chi connectivity index (χ0v) is 9.28. The molecule has 0 atom stereocenters. The van der Waals surface area contributed by atoms with Gasteiger partial charge in [0.2, 0.25) is 0 Å². The maximum atomic E-state index is 10.6. The number of hydrogen-bond acceptors (Lipinski definition) is 3. The van der Waals surface area contributed by atoms with Gasteiger partial charge in [-0.3, -0.25) is 10.1 Å². The number of non-ortho nitro benzene ring substituents is 1. The van der Waals surface area contributed by atoms with Crippen LogP contribution in [0.25, 0.3) is 0 Å². The first-order valence-corrected chi connectivity index (χ1v) is 4.87. The van der Waals surface area contributed by atoms with E-state index in [1.54, 1.807) is 12.1 Å². The Balaban J connectivity index is 2.87. The number of hydrogen-bond donors (Lipinski definition) is 1.